The highest BCUT2D eigenvalue weighted by molar-refractivity contribution is 6.29. The van der Waals surface area contributed by atoms with Gasteiger partial charge in [0.1, 0.15) is 5.15 Å². The summed E-state index contributed by atoms with van der Waals surface area (Å²) in [7, 11) is 0. The van der Waals surface area contributed by atoms with Crippen molar-refractivity contribution >= 4 is 17.5 Å². The van der Waals surface area contributed by atoms with Crippen LogP contribution in [0.4, 0.5) is 0 Å². The van der Waals surface area contributed by atoms with E-state index in [1.807, 2.05) is 27.7 Å². The van der Waals surface area contributed by atoms with Crippen LogP contribution < -0.4 is 5.32 Å². The van der Waals surface area contributed by atoms with Gasteiger partial charge >= 0.3 is 0 Å². The zero-order chi connectivity index (χ0) is 15.3. The number of pyridine rings is 1. The van der Waals surface area contributed by atoms with Gasteiger partial charge in [-0.25, -0.2) is 4.98 Å². The fourth-order valence-corrected chi connectivity index (χ4v) is 1.97. The highest BCUT2D eigenvalue weighted by atomic mass is 35.5. The van der Waals surface area contributed by atoms with E-state index < -0.39 is 6.10 Å². The van der Waals surface area contributed by atoms with Gasteiger partial charge in [-0.1, -0.05) is 45.7 Å². The number of amides is 1. The second kappa shape index (κ2) is 7.04. The first-order chi connectivity index (χ1) is 9.24. The Morgan fingerprint density at radius 2 is 2.10 bits per heavy atom. The average molecular weight is 299 g/mol. The van der Waals surface area contributed by atoms with E-state index in [1.165, 1.54) is 0 Å². The molecule has 112 valence electrons. The number of nitrogens with one attached hydrogen (secondary N) is 1. The van der Waals surface area contributed by atoms with Crippen LogP contribution in [0.3, 0.4) is 0 Å². The molecule has 0 spiro atoms. The molecule has 0 bridgehead atoms. The first kappa shape index (κ1) is 16.9. The molecule has 0 aliphatic heterocycles. The summed E-state index contributed by atoms with van der Waals surface area (Å²) in [6.07, 6.45) is 1.04. The number of aliphatic hydroxyl groups is 1. The van der Waals surface area contributed by atoms with Crippen molar-refractivity contribution in [3.8, 4) is 0 Å². The molecule has 0 aliphatic rings. The van der Waals surface area contributed by atoms with Gasteiger partial charge < -0.3 is 10.4 Å². The number of carbonyl (C=O) groups excluding carboxylic acids is 1. The first-order valence-corrected chi connectivity index (χ1v) is 7.26. The summed E-state index contributed by atoms with van der Waals surface area (Å²) < 4.78 is 0. The number of nitrogens with zero attached hydrogens (tertiary/aromatic N) is 1. The minimum Gasteiger partial charge on any atom is -0.391 e. The molecular formula is C15H23ClN2O2. The number of carbonyl (C=O) groups is 1. The van der Waals surface area contributed by atoms with Crippen molar-refractivity contribution in [2.24, 2.45) is 0 Å². The van der Waals surface area contributed by atoms with Crippen LogP contribution in [-0.4, -0.2) is 28.6 Å². The van der Waals surface area contributed by atoms with Crippen molar-refractivity contribution in [2.45, 2.75) is 52.1 Å². The predicted octanol–water partition coefficient (Wildman–Crippen LogP) is 2.92. The molecule has 4 nitrogen and oxygen atoms in total. The van der Waals surface area contributed by atoms with Crippen LogP contribution in [-0.2, 0) is 5.41 Å². The summed E-state index contributed by atoms with van der Waals surface area (Å²) in [5.74, 6) is -0.241. The van der Waals surface area contributed by atoms with Crippen LogP contribution >= 0.6 is 11.6 Å². The monoisotopic (exact) mass is 298 g/mol. The number of aromatic nitrogens is 1. The van der Waals surface area contributed by atoms with Gasteiger partial charge in [0.25, 0.3) is 5.91 Å². The van der Waals surface area contributed by atoms with Gasteiger partial charge in [-0.3, -0.25) is 4.79 Å². The zero-order valence-corrected chi connectivity index (χ0v) is 13.3. The molecule has 1 rings (SSSR count). The lowest BCUT2D eigenvalue weighted by atomic mass is 9.91. The lowest BCUT2D eigenvalue weighted by Gasteiger charge is -2.19. The molecule has 0 fully saturated rings. The largest absolute Gasteiger partial charge is 0.391 e. The minimum atomic E-state index is -0.511. The fourth-order valence-electron chi connectivity index (χ4n) is 1.76. The second-order valence-electron chi connectivity index (χ2n) is 5.97. The first-order valence-electron chi connectivity index (χ1n) is 6.88. The Morgan fingerprint density at radius 1 is 1.45 bits per heavy atom. The molecule has 1 aromatic heterocycles. The van der Waals surface area contributed by atoms with Gasteiger partial charge in [-0.05, 0) is 18.6 Å². The SMILES string of the molecule is CCCC(O)CNC(=O)c1cc(Cl)nc(C(C)(C)C)c1. The lowest BCUT2D eigenvalue weighted by molar-refractivity contribution is 0.0910. The van der Waals surface area contributed by atoms with E-state index in [0.717, 1.165) is 12.1 Å². The van der Waals surface area contributed by atoms with Crippen LogP contribution in [0.5, 0.6) is 0 Å². The number of hydrogen-bond donors (Lipinski definition) is 2. The van der Waals surface area contributed by atoms with E-state index in [2.05, 4.69) is 10.3 Å². The summed E-state index contributed by atoms with van der Waals surface area (Å²) in [6.45, 7) is 8.27. The fraction of sp³-hybridized carbons (Fsp3) is 0.600. The zero-order valence-electron chi connectivity index (χ0n) is 12.5. The van der Waals surface area contributed by atoms with E-state index in [9.17, 15) is 9.90 Å². The Balaban J connectivity index is 2.81. The quantitative estimate of drug-likeness (QED) is 0.822. The van der Waals surface area contributed by atoms with Crippen molar-refractivity contribution < 1.29 is 9.90 Å². The van der Waals surface area contributed by atoms with Crippen LogP contribution in [0.1, 0.15) is 56.6 Å². The van der Waals surface area contributed by atoms with E-state index in [1.54, 1.807) is 12.1 Å². The van der Waals surface area contributed by atoms with E-state index >= 15 is 0 Å². The molecule has 1 heterocycles. The van der Waals surface area contributed by atoms with Gasteiger partial charge in [-0.2, -0.15) is 0 Å². The summed E-state index contributed by atoms with van der Waals surface area (Å²) in [4.78, 5) is 16.3. The number of rotatable bonds is 5. The third-order valence-corrected chi connectivity index (χ3v) is 3.14. The smallest absolute Gasteiger partial charge is 0.251 e. The maximum atomic E-state index is 12.1. The standard InChI is InChI=1S/C15H23ClN2O2/c1-5-6-11(19)9-17-14(20)10-7-12(15(2,3)4)18-13(16)8-10/h7-8,11,19H,5-6,9H2,1-4H3,(H,17,20). The van der Waals surface area contributed by atoms with Crippen LogP contribution in [0.15, 0.2) is 12.1 Å². The highest BCUT2D eigenvalue weighted by Crippen LogP contribution is 2.23. The van der Waals surface area contributed by atoms with E-state index in [0.29, 0.717) is 17.1 Å². The summed E-state index contributed by atoms with van der Waals surface area (Å²) in [5, 5.41) is 12.6. The third-order valence-electron chi connectivity index (χ3n) is 2.94. The molecule has 20 heavy (non-hydrogen) atoms. The van der Waals surface area contributed by atoms with Gasteiger partial charge in [-0.15, -0.1) is 0 Å². The molecule has 2 N–H and O–H groups in total. The number of aliphatic hydroxyl groups excluding tert-OH is 1. The van der Waals surface area contributed by atoms with Crippen molar-refractivity contribution in [1.82, 2.24) is 10.3 Å². The Bertz CT molecular complexity index is 469. The third kappa shape index (κ3) is 5.10. The molecule has 1 amide bonds. The highest BCUT2D eigenvalue weighted by Gasteiger charge is 2.19. The van der Waals surface area contributed by atoms with Gasteiger partial charge in [0, 0.05) is 23.2 Å². The Morgan fingerprint density at radius 3 is 2.65 bits per heavy atom. The molecule has 0 saturated heterocycles. The number of hydrogen-bond acceptors (Lipinski definition) is 3. The molecule has 1 atom stereocenters. The Labute approximate surface area is 125 Å². The average Bonchev–Trinajstić information content (AvgIpc) is 2.34. The van der Waals surface area contributed by atoms with Crippen LogP contribution in [0.25, 0.3) is 0 Å². The van der Waals surface area contributed by atoms with Crippen molar-refractivity contribution in [3.05, 3.63) is 28.5 Å². The summed E-state index contributed by atoms with van der Waals surface area (Å²) in [5.41, 5.74) is 1.06. The summed E-state index contributed by atoms with van der Waals surface area (Å²) in [6, 6.07) is 3.28. The van der Waals surface area contributed by atoms with E-state index in [-0.39, 0.29) is 17.9 Å². The molecule has 0 aliphatic carbocycles. The van der Waals surface area contributed by atoms with Crippen LogP contribution in [0, 0.1) is 0 Å². The van der Waals surface area contributed by atoms with Gasteiger partial charge in [0.2, 0.25) is 0 Å². The van der Waals surface area contributed by atoms with Gasteiger partial charge in [0.15, 0.2) is 0 Å². The Hall–Kier alpha value is -1.13. The molecule has 1 aromatic rings. The van der Waals surface area contributed by atoms with Crippen molar-refractivity contribution in [3.63, 3.8) is 0 Å². The predicted molar refractivity (Wildman–Crippen MR) is 81.2 cm³/mol. The molecule has 5 heteroatoms. The molecule has 0 aromatic carbocycles. The second-order valence-corrected chi connectivity index (χ2v) is 6.35. The van der Waals surface area contributed by atoms with Crippen LogP contribution in [0.2, 0.25) is 5.15 Å². The molecule has 0 radical (unpaired) electrons. The molecular weight excluding hydrogens is 276 g/mol. The number of halogens is 1. The normalized spacial score (nSPS) is 13.1. The molecule has 1 unspecified atom stereocenters. The lowest BCUT2D eigenvalue weighted by Crippen LogP contribution is -2.32. The van der Waals surface area contributed by atoms with Crippen molar-refractivity contribution in [2.75, 3.05) is 6.54 Å². The minimum absolute atomic E-state index is 0.179. The Kier molecular flexibility index (Phi) is 5.96. The maximum Gasteiger partial charge on any atom is 0.251 e. The molecule has 0 saturated carbocycles. The summed E-state index contributed by atoms with van der Waals surface area (Å²) >= 11 is 5.97. The van der Waals surface area contributed by atoms with Crippen molar-refractivity contribution in [1.29, 1.82) is 0 Å². The topological polar surface area (TPSA) is 62.2 Å². The van der Waals surface area contributed by atoms with E-state index in [4.69, 9.17) is 11.6 Å². The van der Waals surface area contributed by atoms with Gasteiger partial charge in [0.05, 0.1) is 6.10 Å². The maximum absolute atomic E-state index is 12.1.